The van der Waals surface area contributed by atoms with E-state index in [0.29, 0.717) is 5.92 Å². The SMILES string of the molecule is C=N/C(=C\N(C)C)C(C)C. The minimum Gasteiger partial charge on any atom is -0.382 e. The van der Waals surface area contributed by atoms with Gasteiger partial charge in [-0.2, -0.15) is 0 Å². The van der Waals surface area contributed by atoms with Gasteiger partial charge in [0.1, 0.15) is 0 Å². The molecule has 2 heteroatoms. The van der Waals surface area contributed by atoms with Gasteiger partial charge in [0.05, 0.1) is 5.70 Å². The molecule has 0 amide bonds. The highest BCUT2D eigenvalue weighted by Crippen LogP contribution is 2.09. The fraction of sp³-hybridized carbons (Fsp3) is 0.625. The monoisotopic (exact) mass is 140 g/mol. The first-order valence-electron chi connectivity index (χ1n) is 3.42. The number of hydrogen-bond donors (Lipinski definition) is 0. The molecule has 0 aliphatic heterocycles. The molecule has 0 saturated heterocycles. The molecule has 0 aromatic heterocycles. The molecule has 0 saturated carbocycles. The first-order valence-corrected chi connectivity index (χ1v) is 3.42. The summed E-state index contributed by atoms with van der Waals surface area (Å²) >= 11 is 0. The Morgan fingerprint density at radius 1 is 1.50 bits per heavy atom. The van der Waals surface area contributed by atoms with Crippen molar-refractivity contribution in [3.63, 3.8) is 0 Å². The van der Waals surface area contributed by atoms with Crippen LogP contribution in [0.15, 0.2) is 16.9 Å². The lowest BCUT2D eigenvalue weighted by atomic mass is 10.1. The molecule has 0 aliphatic rings. The summed E-state index contributed by atoms with van der Waals surface area (Å²) in [4.78, 5) is 5.87. The summed E-state index contributed by atoms with van der Waals surface area (Å²) in [5.74, 6) is 0.458. The summed E-state index contributed by atoms with van der Waals surface area (Å²) in [6, 6.07) is 0. The number of hydrogen-bond acceptors (Lipinski definition) is 2. The Bertz CT molecular complexity index is 134. The Hall–Kier alpha value is -0.790. The first kappa shape index (κ1) is 9.21. The maximum absolute atomic E-state index is 3.90. The quantitative estimate of drug-likeness (QED) is 0.545. The molecule has 0 unspecified atom stereocenters. The van der Waals surface area contributed by atoms with Gasteiger partial charge in [-0.15, -0.1) is 0 Å². The first-order chi connectivity index (χ1) is 4.57. The topological polar surface area (TPSA) is 15.6 Å². The number of nitrogens with zero attached hydrogens (tertiary/aromatic N) is 2. The molecule has 0 atom stereocenters. The molecule has 0 rings (SSSR count). The van der Waals surface area contributed by atoms with Gasteiger partial charge in [0.2, 0.25) is 0 Å². The van der Waals surface area contributed by atoms with Gasteiger partial charge in [-0.3, -0.25) is 4.99 Å². The minimum absolute atomic E-state index is 0.458. The molecule has 10 heavy (non-hydrogen) atoms. The van der Waals surface area contributed by atoms with E-state index in [9.17, 15) is 0 Å². The zero-order chi connectivity index (χ0) is 8.15. The van der Waals surface area contributed by atoms with E-state index in [1.807, 2.05) is 25.2 Å². The van der Waals surface area contributed by atoms with Crippen LogP contribution in [0.2, 0.25) is 0 Å². The van der Waals surface area contributed by atoms with E-state index in [1.165, 1.54) is 0 Å². The maximum atomic E-state index is 3.90. The number of allylic oxidation sites excluding steroid dienone is 1. The Balaban J connectivity index is 4.18. The number of aliphatic imine (C=N–C) groups is 1. The van der Waals surface area contributed by atoms with Crippen LogP contribution >= 0.6 is 0 Å². The minimum atomic E-state index is 0.458. The molecular formula is C8H16N2. The lowest BCUT2D eigenvalue weighted by molar-refractivity contribution is 0.545. The van der Waals surface area contributed by atoms with Gasteiger partial charge in [0.15, 0.2) is 0 Å². The van der Waals surface area contributed by atoms with Crippen molar-refractivity contribution in [3.8, 4) is 0 Å². The van der Waals surface area contributed by atoms with Crippen molar-refractivity contribution < 1.29 is 0 Å². The van der Waals surface area contributed by atoms with E-state index in [2.05, 4.69) is 25.6 Å². The van der Waals surface area contributed by atoms with Gasteiger partial charge in [0.25, 0.3) is 0 Å². The molecule has 0 N–H and O–H groups in total. The summed E-state index contributed by atoms with van der Waals surface area (Å²) in [7, 11) is 3.96. The maximum Gasteiger partial charge on any atom is 0.0579 e. The van der Waals surface area contributed by atoms with Crippen LogP contribution in [0.1, 0.15) is 13.8 Å². The van der Waals surface area contributed by atoms with Crippen LogP contribution in [0.4, 0.5) is 0 Å². The van der Waals surface area contributed by atoms with Crippen molar-refractivity contribution in [2.75, 3.05) is 14.1 Å². The standard InChI is InChI=1S/C8H16N2/c1-7(2)8(9-3)6-10(4)5/h6-7H,3H2,1-2,4-5H3/b8-6-. The average molecular weight is 140 g/mol. The van der Waals surface area contributed by atoms with E-state index >= 15 is 0 Å². The number of rotatable bonds is 3. The van der Waals surface area contributed by atoms with Gasteiger partial charge in [0, 0.05) is 20.3 Å². The Morgan fingerprint density at radius 3 is 2.10 bits per heavy atom. The second-order valence-corrected chi connectivity index (χ2v) is 2.83. The van der Waals surface area contributed by atoms with Gasteiger partial charge < -0.3 is 4.90 Å². The molecule has 0 aromatic rings. The predicted octanol–water partition coefficient (Wildman–Crippen LogP) is 1.75. The summed E-state index contributed by atoms with van der Waals surface area (Å²) in [6.45, 7) is 7.69. The summed E-state index contributed by atoms with van der Waals surface area (Å²) < 4.78 is 0. The molecule has 0 radical (unpaired) electrons. The third-order valence-corrected chi connectivity index (χ3v) is 1.16. The molecule has 0 spiro atoms. The molecule has 0 aromatic carbocycles. The van der Waals surface area contributed by atoms with Crippen LogP contribution in [0.5, 0.6) is 0 Å². The Labute approximate surface area is 63.3 Å². The van der Waals surface area contributed by atoms with Gasteiger partial charge in [-0.05, 0) is 12.6 Å². The van der Waals surface area contributed by atoms with Crippen LogP contribution in [-0.4, -0.2) is 25.7 Å². The van der Waals surface area contributed by atoms with E-state index in [4.69, 9.17) is 0 Å². The lowest BCUT2D eigenvalue weighted by Gasteiger charge is -2.09. The summed E-state index contributed by atoms with van der Waals surface area (Å²) in [5, 5.41) is 0. The second-order valence-electron chi connectivity index (χ2n) is 2.83. The van der Waals surface area contributed by atoms with Crippen molar-refractivity contribution in [2.24, 2.45) is 10.9 Å². The Kier molecular flexibility index (Phi) is 3.77. The molecule has 0 heterocycles. The van der Waals surface area contributed by atoms with Crippen LogP contribution < -0.4 is 0 Å². The fourth-order valence-corrected chi connectivity index (χ4v) is 0.637. The third kappa shape index (κ3) is 3.28. The van der Waals surface area contributed by atoms with Crippen molar-refractivity contribution >= 4 is 6.72 Å². The molecule has 0 bridgehead atoms. The van der Waals surface area contributed by atoms with Crippen LogP contribution in [-0.2, 0) is 0 Å². The van der Waals surface area contributed by atoms with Gasteiger partial charge in [-0.1, -0.05) is 13.8 Å². The molecule has 0 fully saturated rings. The van der Waals surface area contributed by atoms with Crippen molar-refractivity contribution in [2.45, 2.75) is 13.8 Å². The van der Waals surface area contributed by atoms with Crippen molar-refractivity contribution in [1.29, 1.82) is 0 Å². The largest absolute Gasteiger partial charge is 0.382 e. The normalized spacial score (nSPS) is 11.9. The van der Waals surface area contributed by atoms with Crippen molar-refractivity contribution in [1.82, 2.24) is 4.90 Å². The van der Waals surface area contributed by atoms with Crippen LogP contribution in [0, 0.1) is 5.92 Å². The summed E-state index contributed by atoms with van der Waals surface area (Å²) in [5.41, 5.74) is 1.03. The highest BCUT2D eigenvalue weighted by molar-refractivity contribution is 5.29. The van der Waals surface area contributed by atoms with Gasteiger partial charge in [-0.25, -0.2) is 0 Å². The molecule has 58 valence electrons. The van der Waals surface area contributed by atoms with Gasteiger partial charge >= 0.3 is 0 Å². The zero-order valence-electron chi connectivity index (χ0n) is 7.26. The summed E-state index contributed by atoms with van der Waals surface area (Å²) in [6.07, 6.45) is 1.98. The van der Waals surface area contributed by atoms with Crippen LogP contribution in [0.3, 0.4) is 0 Å². The van der Waals surface area contributed by atoms with E-state index in [-0.39, 0.29) is 0 Å². The molecular weight excluding hydrogens is 124 g/mol. The highest BCUT2D eigenvalue weighted by atomic mass is 15.0. The van der Waals surface area contributed by atoms with E-state index in [1.54, 1.807) is 0 Å². The van der Waals surface area contributed by atoms with Crippen LogP contribution in [0.25, 0.3) is 0 Å². The molecule has 2 nitrogen and oxygen atoms in total. The predicted molar refractivity (Wildman–Crippen MR) is 46.2 cm³/mol. The fourth-order valence-electron chi connectivity index (χ4n) is 0.637. The molecule has 0 aliphatic carbocycles. The van der Waals surface area contributed by atoms with E-state index < -0.39 is 0 Å². The third-order valence-electron chi connectivity index (χ3n) is 1.16. The lowest BCUT2D eigenvalue weighted by Crippen LogP contribution is -2.04. The Morgan fingerprint density at radius 2 is 2.00 bits per heavy atom. The zero-order valence-corrected chi connectivity index (χ0v) is 7.26. The smallest absolute Gasteiger partial charge is 0.0579 e. The average Bonchev–Trinajstić information content (AvgIpc) is 1.81. The second kappa shape index (κ2) is 4.09. The van der Waals surface area contributed by atoms with E-state index in [0.717, 1.165) is 5.70 Å². The highest BCUT2D eigenvalue weighted by Gasteiger charge is 1.98. The van der Waals surface area contributed by atoms with Crippen molar-refractivity contribution in [3.05, 3.63) is 11.9 Å².